The van der Waals surface area contributed by atoms with Crippen molar-refractivity contribution in [2.45, 2.75) is 58.4 Å². The van der Waals surface area contributed by atoms with E-state index in [0.29, 0.717) is 36.1 Å². The van der Waals surface area contributed by atoms with E-state index in [1.807, 2.05) is 71.4 Å². The molecule has 0 aliphatic carbocycles. The Kier molecular flexibility index (Phi) is 7.82. The van der Waals surface area contributed by atoms with Crippen molar-refractivity contribution >= 4 is 26.6 Å². The predicted octanol–water partition coefficient (Wildman–Crippen LogP) is 5.85. The topological polar surface area (TPSA) is 98.9 Å². The van der Waals surface area contributed by atoms with E-state index in [1.54, 1.807) is 43.9 Å². The van der Waals surface area contributed by atoms with Gasteiger partial charge in [-0.1, -0.05) is 55.5 Å². The van der Waals surface area contributed by atoms with Crippen molar-refractivity contribution in [3.05, 3.63) is 113 Å². The smallest absolute Gasteiger partial charge is 0.261 e. The van der Waals surface area contributed by atoms with Gasteiger partial charge in [-0.15, -0.1) is 0 Å². The molecule has 0 spiro atoms. The number of para-hydroxylation sites is 1. The second-order valence-corrected chi connectivity index (χ2v) is 13.7. The quantitative estimate of drug-likeness (QED) is 0.240. The van der Waals surface area contributed by atoms with Crippen molar-refractivity contribution in [1.29, 1.82) is 0 Å². The van der Waals surface area contributed by atoms with Crippen molar-refractivity contribution < 1.29 is 8.42 Å². The monoisotopic (exact) mass is 569 g/mol. The molecule has 8 nitrogen and oxygen atoms in total. The van der Waals surface area contributed by atoms with Crippen molar-refractivity contribution in [2.75, 3.05) is 4.72 Å². The van der Waals surface area contributed by atoms with Crippen LogP contribution in [-0.4, -0.2) is 32.3 Å². The van der Waals surface area contributed by atoms with Crippen LogP contribution in [0.4, 0.5) is 5.69 Å². The van der Waals surface area contributed by atoms with Crippen LogP contribution in [0.1, 0.15) is 51.1 Å². The highest BCUT2D eigenvalue weighted by Gasteiger charge is 2.29. The van der Waals surface area contributed by atoms with Crippen LogP contribution < -0.4 is 10.3 Å². The molecule has 41 heavy (non-hydrogen) atoms. The van der Waals surface area contributed by atoms with Crippen LogP contribution in [0.3, 0.4) is 0 Å². The van der Waals surface area contributed by atoms with Gasteiger partial charge in [-0.2, -0.15) is 0 Å². The van der Waals surface area contributed by atoms with Gasteiger partial charge in [-0.3, -0.25) is 14.1 Å². The van der Waals surface area contributed by atoms with Crippen LogP contribution in [0.15, 0.2) is 90.2 Å². The fourth-order valence-corrected chi connectivity index (χ4v) is 5.45. The zero-order valence-corrected chi connectivity index (χ0v) is 24.6. The number of rotatable bonds is 9. The van der Waals surface area contributed by atoms with Crippen molar-refractivity contribution in [1.82, 2.24) is 19.1 Å². The average molecular weight is 570 g/mol. The molecule has 0 radical (unpaired) electrons. The van der Waals surface area contributed by atoms with Crippen molar-refractivity contribution in [3.8, 4) is 11.1 Å². The van der Waals surface area contributed by atoms with E-state index in [0.717, 1.165) is 34.5 Å². The Morgan fingerprint density at radius 3 is 2.34 bits per heavy atom. The molecule has 0 amide bonds. The minimum Gasteiger partial charge on any atom is -0.333 e. The molecule has 2 aromatic heterocycles. The Morgan fingerprint density at radius 2 is 1.66 bits per heavy atom. The van der Waals surface area contributed by atoms with Gasteiger partial charge >= 0.3 is 0 Å². The zero-order chi connectivity index (χ0) is 29.2. The SMILES string of the molecule is CCCc1nc2ccc(Cn3ccnc3)cc2c(=O)n1Cc1ccc(-c2ccccc2NS(=O)(=O)C(C)(C)C)cc1. The van der Waals surface area contributed by atoms with Crippen LogP contribution in [0.2, 0.25) is 0 Å². The minimum atomic E-state index is -3.58. The number of aryl methyl sites for hydroxylation is 1. The number of fused-ring (bicyclic) bond motifs is 1. The van der Waals surface area contributed by atoms with Crippen LogP contribution >= 0.6 is 0 Å². The summed E-state index contributed by atoms with van der Waals surface area (Å²) >= 11 is 0. The number of nitrogens with one attached hydrogen (secondary N) is 1. The summed E-state index contributed by atoms with van der Waals surface area (Å²) in [6.07, 6.45) is 6.96. The van der Waals surface area contributed by atoms with Crippen molar-refractivity contribution in [2.24, 2.45) is 0 Å². The highest BCUT2D eigenvalue weighted by molar-refractivity contribution is 7.94. The molecule has 0 aliphatic heterocycles. The molecule has 0 fully saturated rings. The lowest BCUT2D eigenvalue weighted by Crippen LogP contribution is -2.33. The van der Waals surface area contributed by atoms with Gasteiger partial charge in [0.2, 0.25) is 10.0 Å². The van der Waals surface area contributed by atoms with E-state index in [2.05, 4.69) is 16.6 Å². The number of imidazole rings is 1. The zero-order valence-electron chi connectivity index (χ0n) is 23.8. The second kappa shape index (κ2) is 11.3. The summed E-state index contributed by atoms with van der Waals surface area (Å²) < 4.78 is 31.2. The third-order valence-electron chi connectivity index (χ3n) is 7.08. The highest BCUT2D eigenvalue weighted by Crippen LogP contribution is 2.31. The molecule has 0 saturated heterocycles. The number of anilines is 1. The first kappa shape index (κ1) is 28.3. The van der Waals surface area contributed by atoms with Gasteiger partial charge in [-0.25, -0.2) is 18.4 Å². The molecule has 5 aromatic rings. The minimum absolute atomic E-state index is 0.0584. The lowest BCUT2D eigenvalue weighted by molar-refractivity contribution is 0.566. The number of hydrogen-bond donors (Lipinski definition) is 1. The Morgan fingerprint density at radius 1 is 0.927 bits per heavy atom. The summed E-state index contributed by atoms with van der Waals surface area (Å²) in [6.45, 7) is 8.11. The van der Waals surface area contributed by atoms with Gasteiger partial charge in [0.15, 0.2) is 0 Å². The molecule has 9 heteroatoms. The first-order valence-corrected chi connectivity index (χ1v) is 15.2. The van der Waals surface area contributed by atoms with Gasteiger partial charge < -0.3 is 4.57 Å². The molecule has 0 unspecified atom stereocenters. The maximum absolute atomic E-state index is 13.8. The number of aromatic nitrogens is 4. The summed E-state index contributed by atoms with van der Waals surface area (Å²) in [5.74, 6) is 0.762. The summed E-state index contributed by atoms with van der Waals surface area (Å²) in [5, 5.41) is 0.596. The van der Waals surface area contributed by atoms with E-state index in [1.165, 1.54) is 0 Å². The van der Waals surface area contributed by atoms with Gasteiger partial charge in [-0.05, 0) is 62.1 Å². The summed E-state index contributed by atoms with van der Waals surface area (Å²) in [5.41, 5.74) is 4.80. The van der Waals surface area contributed by atoms with Crippen LogP contribution in [-0.2, 0) is 29.5 Å². The first-order valence-electron chi connectivity index (χ1n) is 13.7. The van der Waals surface area contributed by atoms with Gasteiger partial charge in [0, 0.05) is 30.9 Å². The normalized spacial score (nSPS) is 12.1. The van der Waals surface area contributed by atoms with Crippen LogP contribution in [0.25, 0.3) is 22.0 Å². The van der Waals surface area contributed by atoms with Gasteiger partial charge in [0.25, 0.3) is 5.56 Å². The molecular weight excluding hydrogens is 534 g/mol. The number of sulfonamides is 1. The molecule has 1 N–H and O–H groups in total. The number of hydrogen-bond acceptors (Lipinski definition) is 5. The molecule has 0 bridgehead atoms. The van der Waals surface area contributed by atoms with Crippen LogP contribution in [0.5, 0.6) is 0 Å². The largest absolute Gasteiger partial charge is 0.333 e. The third-order valence-corrected chi connectivity index (χ3v) is 9.18. The summed E-state index contributed by atoms with van der Waals surface area (Å²) in [7, 11) is -3.58. The molecule has 2 heterocycles. The molecule has 0 atom stereocenters. The molecule has 5 rings (SSSR count). The van der Waals surface area contributed by atoms with Gasteiger partial charge in [0.05, 0.1) is 34.2 Å². The number of nitrogens with zero attached hydrogens (tertiary/aromatic N) is 4. The third kappa shape index (κ3) is 6.10. The maximum atomic E-state index is 13.8. The van der Waals surface area contributed by atoms with E-state index >= 15 is 0 Å². The lowest BCUT2D eigenvalue weighted by atomic mass is 10.0. The summed E-state index contributed by atoms with van der Waals surface area (Å²) in [4.78, 5) is 22.7. The maximum Gasteiger partial charge on any atom is 0.261 e. The first-order chi connectivity index (χ1) is 19.6. The molecule has 212 valence electrons. The van der Waals surface area contributed by atoms with Gasteiger partial charge in [0.1, 0.15) is 5.82 Å². The average Bonchev–Trinajstić information content (AvgIpc) is 3.44. The second-order valence-electron chi connectivity index (χ2n) is 11.2. The predicted molar refractivity (Wildman–Crippen MR) is 165 cm³/mol. The van der Waals surface area contributed by atoms with Crippen LogP contribution in [0, 0.1) is 0 Å². The molecule has 0 saturated carbocycles. The van der Waals surface area contributed by atoms with E-state index < -0.39 is 14.8 Å². The van der Waals surface area contributed by atoms with E-state index in [-0.39, 0.29) is 5.56 Å². The number of benzene rings is 3. The highest BCUT2D eigenvalue weighted by atomic mass is 32.2. The Hall–Kier alpha value is -4.24. The fraction of sp³-hybridized carbons (Fsp3) is 0.281. The fourth-order valence-electron chi connectivity index (χ4n) is 4.67. The standard InChI is InChI=1S/C32H35N5O3S/c1-5-8-30-34-28-16-13-24(20-36-18-17-33-22-36)19-27(28)31(38)37(30)21-23-11-14-25(15-12-23)26-9-6-7-10-29(26)35-41(39,40)32(2,3)4/h6-7,9-19,22,35H,5,8,20-21H2,1-4H3. The molecule has 3 aromatic carbocycles. The van der Waals surface area contributed by atoms with E-state index in [4.69, 9.17) is 4.98 Å². The van der Waals surface area contributed by atoms with E-state index in [9.17, 15) is 13.2 Å². The summed E-state index contributed by atoms with van der Waals surface area (Å²) in [6, 6.07) is 21.1. The Bertz CT molecular complexity index is 1840. The molecule has 0 aliphatic rings. The Balaban J connectivity index is 1.46. The van der Waals surface area contributed by atoms with Crippen molar-refractivity contribution in [3.63, 3.8) is 0 Å². The molecular formula is C32H35N5O3S. The Labute approximate surface area is 240 Å². The lowest BCUT2D eigenvalue weighted by Gasteiger charge is -2.22.